The van der Waals surface area contributed by atoms with Gasteiger partial charge in [0.05, 0.1) is 19.2 Å². The molecule has 1 spiro atoms. The fraction of sp³-hybridized carbons (Fsp3) is 0.675. The normalized spacial score (nSPS) is 19.7. The average molecular weight is 753 g/mol. The van der Waals surface area contributed by atoms with Gasteiger partial charge in [-0.2, -0.15) is 0 Å². The summed E-state index contributed by atoms with van der Waals surface area (Å²) in [5.41, 5.74) is 0.316. The molecule has 0 bridgehead atoms. The van der Waals surface area contributed by atoms with Crippen LogP contribution >= 0.6 is 0 Å². The van der Waals surface area contributed by atoms with E-state index in [1.54, 1.807) is 49.3 Å². The van der Waals surface area contributed by atoms with E-state index in [-0.39, 0.29) is 42.1 Å². The predicted octanol–water partition coefficient (Wildman–Crippen LogP) is 3.39. The van der Waals surface area contributed by atoms with Crippen molar-refractivity contribution in [2.75, 3.05) is 33.8 Å². The van der Waals surface area contributed by atoms with Crippen LogP contribution in [0.25, 0.3) is 0 Å². The monoisotopic (exact) mass is 752 g/mol. The summed E-state index contributed by atoms with van der Waals surface area (Å²) >= 11 is 0. The molecule has 14 heteroatoms. The van der Waals surface area contributed by atoms with Crippen molar-refractivity contribution in [3.05, 3.63) is 35.9 Å². The van der Waals surface area contributed by atoms with Gasteiger partial charge in [-0.3, -0.25) is 28.8 Å². The number of amides is 6. The third kappa shape index (κ3) is 11.3. The fourth-order valence-electron chi connectivity index (χ4n) is 8.08. The van der Waals surface area contributed by atoms with E-state index in [0.717, 1.165) is 57.8 Å². The summed E-state index contributed by atoms with van der Waals surface area (Å²) in [6, 6.07) is 4.75. The van der Waals surface area contributed by atoms with Crippen molar-refractivity contribution in [1.82, 2.24) is 31.1 Å². The minimum Gasteiger partial charge on any atom is -0.449 e. The Morgan fingerprint density at radius 3 is 2.19 bits per heavy atom. The smallest absolute Gasteiger partial charge is 0.407 e. The van der Waals surface area contributed by atoms with E-state index in [9.17, 15) is 33.6 Å². The molecule has 1 heterocycles. The lowest BCUT2D eigenvalue weighted by Crippen LogP contribution is -2.58. The van der Waals surface area contributed by atoms with Crippen LogP contribution in [-0.2, 0) is 33.5 Å². The number of alkyl carbamates (subject to hydrolysis) is 1. The molecule has 14 nitrogen and oxygen atoms in total. The first-order valence-electron chi connectivity index (χ1n) is 19.7. The van der Waals surface area contributed by atoms with Gasteiger partial charge in [0, 0.05) is 20.6 Å². The molecule has 4 N–H and O–H groups in total. The molecular weight excluding hydrogens is 692 g/mol. The zero-order valence-electron chi connectivity index (χ0n) is 32.6. The lowest BCUT2D eigenvalue weighted by atomic mass is 9.83. The average Bonchev–Trinajstić information content (AvgIpc) is 3.80. The largest absolute Gasteiger partial charge is 0.449 e. The van der Waals surface area contributed by atoms with Crippen LogP contribution in [0.3, 0.4) is 0 Å². The molecule has 3 fully saturated rings. The number of carbonyl (C=O) groups excluding carboxylic acids is 7. The van der Waals surface area contributed by atoms with Crippen molar-refractivity contribution in [3.8, 4) is 0 Å². The summed E-state index contributed by atoms with van der Waals surface area (Å²) in [5.74, 6) is -3.83. The van der Waals surface area contributed by atoms with Crippen LogP contribution in [-0.4, -0.2) is 103 Å². The minimum absolute atomic E-state index is 0.0963. The summed E-state index contributed by atoms with van der Waals surface area (Å²) in [7, 11) is 3.14. The predicted molar refractivity (Wildman–Crippen MR) is 202 cm³/mol. The van der Waals surface area contributed by atoms with Crippen LogP contribution in [0.5, 0.6) is 0 Å². The first-order valence-corrected chi connectivity index (χ1v) is 19.7. The number of hydrogen-bond donors (Lipinski definition) is 4. The molecule has 1 aromatic rings. The van der Waals surface area contributed by atoms with Crippen LogP contribution in [0.15, 0.2) is 30.3 Å². The molecule has 0 aromatic heterocycles. The first kappa shape index (κ1) is 42.3. The molecule has 1 aromatic carbocycles. The van der Waals surface area contributed by atoms with Gasteiger partial charge < -0.3 is 35.8 Å². The van der Waals surface area contributed by atoms with Gasteiger partial charge >= 0.3 is 6.09 Å². The van der Waals surface area contributed by atoms with Gasteiger partial charge in [-0.1, -0.05) is 89.6 Å². The maximum Gasteiger partial charge on any atom is 0.407 e. The lowest BCUT2D eigenvalue weighted by Gasteiger charge is -2.35. The Morgan fingerprint density at radius 2 is 1.57 bits per heavy atom. The summed E-state index contributed by atoms with van der Waals surface area (Å²) in [6.45, 7) is 5.70. The molecule has 6 amide bonds. The third-order valence-corrected chi connectivity index (χ3v) is 10.9. The van der Waals surface area contributed by atoms with E-state index in [2.05, 4.69) is 21.3 Å². The molecule has 0 radical (unpaired) electrons. The maximum atomic E-state index is 14.5. The molecule has 4 atom stereocenters. The quantitative estimate of drug-likeness (QED) is 0.185. The van der Waals surface area contributed by atoms with Crippen LogP contribution in [0.4, 0.5) is 4.79 Å². The number of ether oxygens (including phenoxy) is 1. The second kappa shape index (κ2) is 19.7. The van der Waals surface area contributed by atoms with Gasteiger partial charge in [-0.05, 0) is 61.3 Å². The highest BCUT2D eigenvalue weighted by molar-refractivity contribution is 6.38. The van der Waals surface area contributed by atoms with Crippen LogP contribution in [0.1, 0.15) is 109 Å². The Labute approximate surface area is 319 Å². The Kier molecular flexibility index (Phi) is 15.4. The number of carbonyl (C=O) groups is 7. The number of Topliss-reactive ketones (excluding diaryl/α,β-unsaturated/α-hetero) is 1. The van der Waals surface area contributed by atoms with Crippen molar-refractivity contribution >= 4 is 41.4 Å². The standard InChI is InChI=1S/C40H60N6O8/c1-6-15-29(34(48)36(50)41-23-31(47)43-32(37(51)45(4)5)27-16-9-7-10-17-27)42-35(49)30-22-40(20-13-14-21-40)25-46(30)38(52)33(28-18-11-8-12-19-28)44-39(53)54-24-26(2)3/h7,9-10,16-17,26,28-30,32-33H,6,8,11-15,18-25H2,1-5H3,(H,41,50)(H,42,49)(H,43,47)(H,44,53)/t29?,30-,32-,33-/m0/s1. The maximum absolute atomic E-state index is 14.5. The number of nitrogens with one attached hydrogen (secondary N) is 4. The number of likely N-dealkylation sites (tertiary alicyclic amines) is 1. The van der Waals surface area contributed by atoms with Crippen molar-refractivity contribution in [3.63, 3.8) is 0 Å². The van der Waals surface area contributed by atoms with Gasteiger partial charge in [0.15, 0.2) is 0 Å². The van der Waals surface area contributed by atoms with Crippen LogP contribution < -0.4 is 21.3 Å². The van der Waals surface area contributed by atoms with Crippen LogP contribution in [0, 0.1) is 17.3 Å². The number of likely N-dealkylation sites (N-methyl/N-ethyl adjacent to an activating group) is 1. The topological polar surface area (TPSA) is 183 Å². The molecule has 54 heavy (non-hydrogen) atoms. The summed E-state index contributed by atoms with van der Waals surface area (Å²) in [6.07, 6.45) is 8.60. The van der Waals surface area contributed by atoms with Gasteiger partial charge in [-0.25, -0.2) is 4.79 Å². The molecule has 1 aliphatic heterocycles. The second-order valence-corrected chi connectivity index (χ2v) is 15.9. The number of nitrogens with zero attached hydrogens (tertiary/aromatic N) is 2. The molecule has 1 saturated heterocycles. The summed E-state index contributed by atoms with van der Waals surface area (Å²) in [4.78, 5) is 96.9. The zero-order valence-corrected chi connectivity index (χ0v) is 32.6. The van der Waals surface area contributed by atoms with E-state index < -0.39 is 60.3 Å². The molecule has 298 valence electrons. The number of ketones is 1. The van der Waals surface area contributed by atoms with Gasteiger partial charge in [0.2, 0.25) is 29.4 Å². The SMILES string of the molecule is CCCC(NC(=O)[C@@H]1CC2(CCCC2)CN1C(=O)[C@@H](NC(=O)OCC(C)C)C1CCCCC1)C(=O)C(=O)NCC(=O)N[C@H](C(=O)N(C)C)c1ccccc1. The Bertz CT molecular complexity index is 1490. The molecule has 2 aliphatic carbocycles. The van der Waals surface area contributed by atoms with E-state index in [4.69, 9.17) is 4.74 Å². The molecule has 2 saturated carbocycles. The highest BCUT2D eigenvalue weighted by Gasteiger charge is 2.52. The highest BCUT2D eigenvalue weighted by atomic mass is 16.5. The van der Waals surface area contributed by atoms with E-state index >= 15 is 0 Å². The van der Waals surface area contributed by atoms with Crippen LogP contribution in [0.2, 0.25) is 0 Å². The zero-order chi connectivity index (χ0) is 39.4. The Hall–Kier alpha value is -4.49. The van der Waals surface area contributed by atoms with Gasteiger partial charge in [0.1, 0.15) is 18.1 Å². The third-order valence-electron chi connectivity index (χ3n) is 10.9. The number of hydrogen-bond acceptors (Lipinski definition) is 8. The molecular formula is C40H60N6O8. The molecule has 1 unspecified atom stereocenters. The number of rotatable bonds is 16. The van der Waals surface area contributed by atoms with Gasteiger partial charge in [-0.15, -0.1) is 0 Å². The molecule has 4 rings (SSSR count). The van der Waals surface area contributed by atoms with Gasteiger partial charge in [0.25, 0.3) is 5.91 Å². The lowest BCUT2D eigenvalue weighted by molar-refractivity contribution is -0.143. The Balaban J connectivity index is 1.46. The fourth-order valence-corrected chi connectivity index (χ4v) is 8.08. The van der Waals surface area contributed by atoms with E-state index in [1.807, 2.05) is 20.8 Å². The highest BCUT2D eigenvalue weighted by Crippen LogP contribution is 2.48. The minimum atomic E-state index is -1.19. The summed E-state index contributed by atoms with van der Waals surface area (Å²) < 4.78 is 5.41. The first-order chi connectivity index (χ1) is 25.7. The number of benzene rings is 1. The van der Waals surface area contributed by atoms with E-state index in [1.165, 1.54) is 4.90 Å². The molecule has 3 aliphatic rings. The summed E-state index contributed by atoms with van der Waals surface area (Å²) in [5, 5.41) is 10.6. The second-order valence-electron chi connectivity index (χ2n) is 15.9. The van der Waals surface area contributed by atoms with Crippen molar-refractivity contribution in [2.45, 2.75) is 122 Å². The van der Waals surface area contributed by atoms with E-state index in [0.29, 0.717) is 24.9 Å². The van der Waals surface area contributed by atoms with Crippen molar-refractivity contribution in [2.24, 2.45) is 17.3 Å². The Morgan fingerprint density at radius 1 is 0.907 bits per heavy atom. The van der Waals surface area contributed by atoms with Crippen molar-refractivity contribution < 1.29 is 38.3 Å². The van der Waals surface area contributed by atoms with Crippen molar-refractivity contribution in [1.29, 1.82) is 0 Å².